The predicted octanol–water partition coefficient (Wildman–Crippen LogP) is 6.20. The molecule has 1 aliphatic carbocycles. The van der Waals surface area contributed by atoms with Crippen molar-refractivity contribution in [1.29, 1.82) is 5.26 Å². The van der Waals surface area contributed by atoms with Gasteiger partial charge in [0.05, 0.1) is 12.2 Å². The number of unbranched alkanes of at least 4 members (excludes halogenated alkanes) is 1. The van der Waals surface area contributed by atoms with Crippen molar-refractivity contribution in [2.45, 2.75) is 59.8 Å². The first-order valence-corrected chi connectivity index (χ1v) is 11.2. The maximum absolute atomic E-state index is 12.8. The molecule has 0 aliphatic heterocycles. The highest BCUT2D eigenvalue weighted by atomic mass is 32.1. The van der Waals surface area contributed by atoms with Crippen LogP contribution in [-0.2, 0) is 12.8 Å². The number of carbonyl (C=O) groups excluding carboxylic acids is 1. The third kappa shape index (κ3) is 5.00. The molecule has 0 spiro atoms. The molecule has 4 nitrogen and oxygen atoms in total. The molecule has 1 atom stereocenters. The summed E-state index contributed by atoms with van der Waals surface area (Å²) in [7, 11) is 0. The Balaban J connectivity index is 1.77. The van der Waals surface area contributed by atoms with Crippen LogP contribution in [0.3, 0.4) is 0 Å². The van der Waals surface area contributed by atoms with E-state index >= 15 is 0 Å². The molecule has 1 aromatic carbocycles. The molecule has 1 N–H and O–H groups in total. The number of carbonyl (C=O) groups is 1. The van der Waals surface area contributed by atoms with Gasteiger partial charge in [0.25, 0.3) is 5.91 Å². The van der Waals surface area contributed by atoms with Crippen molar-refractivity contribution in [2.75, 3.05) is 11.9 Å². The van der Waals surface area contributed by atoms with Gasteiger partial charge in [0.15, 0.2) is 0 Å². The van der Waals surface area contributed by atoms with Crippen molar-refractivity contribution < 1.29 is 9.53 Å². The van der Waals surface area contributed by atoms with E-state index in [9.17, 15) is 10.1 Å². The first-order chi connectivity index (χ1) is 13.8. The van der Waals surface area contributed by atoms with Gasteiger partial charge in [-0.1, -0.05) is 40.2 Å². The quantitative estimate of drug-likeness (QED) is 0.577. The van der Waals surface area contributed by atoms with Crippen LogP contribution in [0.2, 0.25) is 0 Å². The van der Waals surface area contributed by atoms with Crippen molar-refractivity contribution in [3.63, 3.8) is 0 Å². The molecule has 1 aromatic heterocycles. The number of amides is 1. The van der Waals surface area contributed by atoms with E-state index in [4.69, 9.17) is 4.74 Å². The molecular formula is C24H30N2O2S. The van der Waals surface area contributed by atoms with Crippen LogP contribution in [0.1, 0.15) is 73.3 Å². The molecule has 1 aliphatic rings. The van der Waals surface area contributed by atoms with E-state index in [-0.39, 0.29) is 11.3 Å². The summed E-state index contributed by atoms with van der Waals surface area (Å²) in [4.78, 5) is 14.1. The number of hydrogen-bond donors (Lipinski definition) is 1. The van der Waals surface area contributed by atoms with Gasteiger partial charge in [-0.2, -0.15) is 5.26 Å². The van der Waals surface area contributed by atoms with Gasteiger partial charge in [-0.25, -0.2) is 0 Å². The van der Waals surface area contributed by atoms with E-state index < -0.39 is 0 Å². The van der Waals surface area contributed by atoms with Crippen molar-refractivity contribution in [3.05, 3.63) is 45.8 Å². The van der Waals surface area contributed by atoms with E-state index in [1.807, 2.05) is 12.1 Å². The van der Waals surface area contributed by atoms with Crippen LogP contribution >= 0.6 is 11.3 Å². The molecule has 0 saturated carbocycles. The minimum Gasteiger partial charge on any atom is -0.494 e. The minimum atomic E-state index is -0.201. The lowest BCUT2D eigenvalue weighted by molar-refractivity contribution is 0.102. The van der Waals surface area contributed by atoms with Crippen LogP contribution in [-0.4, -0.2) is 12.5 Å². The number of ether oxygens (including phenoxy) is 1. The zero-order valence-corrected chi connectivity index (χ0v) is 18.6. The SMILES string of the molecule is CCCCOc1cccc(C(=O)Nc2sc3c(c2C#N)CCC(C(C)(C)C)C3)c1. The smallest absolute Gasteiger partial charge is 0.256 e. The Labute approximate surface area is 177 Å². The molecule has 1 amide bonds. The number of nitrogens with one attached hydrogen (secondary N) is 1. The largest absolute Gasteiger partial charge is 0.494 e. The molecule has 0 radical (unpaired) electrons. The lowest BCUT2D eigenvalue weighted by atomic mass is 9.72. The van der Waals surface area contributed by atoms with Crippen molar-refractivity contribution >= 4 is 22.2 Å². The summed E-state index contributed by atoms with van der Waals surface area (Å²) < 4.78 is 5.71. The zero-order chi connectivity index (χ0) is 21.0. The zero-order valence-electron chi connectivity index (χ0n) is 17.8. The molecule has 3 rings (SSSR count). The van der Waals surface area contributed by atoms with Gasteiger partial charge in [0.2, 0.25) is 0 Å². The topological polar surface area (TPSA) is 62.1 Å². The van der Waals surface area contributed by atoms with Gasteiger partial charge in [-0.05, 0) is 60.8 Å². The Kier molecular flexibility index (Phi) is 6.64. The molecule has 1 heterocycles. The van der Waals surface area contributed by atoms with Crippen molar-refractivity contribution in [3.8, 4) is 11.8 Å². The summed E-state index contributed by atoms with van der Waals surface area (Å²) in [5, 5.41) is 13.4. The molecule has 2 aromatic rings. The van der Waals surface area contributed by atoms with Crippen LogP contribution in [0.5, 0.6) is 5.75 Å². The first kappa shape index (κ1) is 21.4. The average Bonchev–Trinajstić information content (AvgIpc) is 3.03. The normalized spacial score (nSPS) is 16.0. The highest BCUT2D eigenvalue weighted by molar-refractivity contribution is 7.16. The summed E-state index contributed by atoms with van der Waals surface area (Å²) in [6.07, 6.45) is 5.03. The van der Waals surface area contributed by atoms with Crippen LogP contribution in [0, 0.1) is 22.7 Å². The fourth-order valence-electron chi connectivity index (χ4n) is 3.77. The summed E-state index contributed by atoms with van der Waals surface area (Å²) >= 11 is 1.56. The average molecular weight is 411 g/mol. The van der Waals surface area contributed by atoms with E-state index in [1.165, 1.54) is 4.88 Å². The molecule has 0 fully saturated rings. The maximum Gasteiger partial charge on any atom is 0.256 e. The van der Waals surface area contributed by atoms with Gasteiger partial charge in [-0.15, -0.1) is 11.3 Å². The molecular weight excluding hydrogens is 380 g/mol. The number of thiophene rings is 1. The number of nitriles is 1. The van der Waals surface area contributed by atoms with E-state index in [0.29, 0.717) is 34.4 Å². The van der Waals surface area contributed by atoms with E-state index in [2.05, 4.69) is 39.1 Å². The first-order valence-electron chi connectivity index (χ1n) is 10.4. The fraction of sp³-hybridized carbons (Fsp3) is 0.500. The van der Waals surface area contributed by atoms with Crippen LogP contribution in [0.4, 0.5) is 5.00 Å². The van der Waals surface area contributed by atoms with Crippen LogP contribution in [0.25, 0.3) is 0 Å². The van der Waals surface area contributed by atoms with Gasteiger partial charge >= 0.3 is 0 Å². The second-order valence-corrected chi connectivity index (χ2v) is 9.91. The lowest BCUT2D eigenvalue weighted by Crippen LogP contribution is -2.26. The number of anilines is 1. The highest BCUT2D eigenvalue weighted by Gasteiger charge is 2.32. The number of benzene rings is 1. The number of hydrogen-bond acceptors (Lipinski definition) is 4. The van der Waals surface area contributed by atoms with Crippen molar-refractivity contribution in [1.82, 2.24) is 0 Å². The Morgan fingerprint density at radius 2 is 2.17 bits per heavy atom. The Morgan fingerprint density at radius 1 is 1.38 bits per heavy atom. The molecule has 5 heteroatoms. The molecule has 1 unspecified atom stereocenters. The molecule has 0 bridgehead atoms. The summed E-state index contributed by atoms with van der Waals surface area (Å²) in [5.74, 6) is 1.10. The van der Waals surface area contributed by atoms with Gasteiger partial charge in [0, 0.05) is 10.4 Å². The second kappa shape index (κ2) is 9.00. The van der Waals surface area contributed by atoms with Gasteiger partial charge < -0.3 is 10.1 Å². The third-order valence-electron chi connectivity index (χ3n) is 5.69. The second-order valence-electron chi connectivity index (χ2n) is 8.81. The predicted molar refractivity (Wildman–Crippen MR) is 119 cm³/mol. The summed E-state index contributed by atoms with van der Waals surface area (Å²) in [6, 6.07) is 9.56. The number of nitrogens with zero attached hydrogens (tertiary/aromatic N) is 1. The molecule has 154 valence electrons. The number of fused-ring (bicyclic) bond motifs is 1. The summed E-state index contributed by atoms with van der Waals surface area (Å²) in [6.45, 7) is 9.59. The molecule has 0 saturated heterocycles. The van der Waals surface area contributed by atoms with E-state index in [0.717, 1.165) is 37.7 Å². The monoisotopic (exact) mass is 410 g/mol. The molecule has 29 heavy (non-hydrogen) atoms. The Morgan fingerprint density at radius 3 is 2.86 bits per heavy atom. The van der Waals surface area contributed by atoms with Gasteiger partial charge in [0.1, 0.15) is 16.8 Å². The summed E-state index contributed by atoms with van der Waals surface area (Å²) in [5.41, 5.74) is 2.56. The lowest BCUT2D eigenvalue weighted by Gasteiger charge is -2.33. The maximum atomic E-state index is 12.8. The van der Waals surface area contributed by atoms with E-state index in [1.54, 1.807) is 23.5 Å². The standard InChI is InChI=1S/C24H30N2O2S/c1-5-6-12-28-18-9-7-8-16(13-18)22(27)26-23-20(15-25)19-11-10-17(24(2,3)4)14-21(19)29-23/h7-9,13,17H,5-6,10-12,14H2,1-4H3,(H,26,27). The minimum absolute atomic E-state index is 0.201. The van der Waals surface area contributed by atoms with Crippen molar-refractivity contribution in [2.24, 2.45) is 11.3 Å². The highest BCUT2D eigenvalue weighted by Crippen LogP contribution is 2.44. The fourth-order valence-corrected chi connectivity index (χ4v) is 5.04. The third-order valence-corrected chi connectivity index (χ3v) is 6.86. The Hall–Kier alpha value is -2.32. The number of rotatable bonds is 6. The Bertz CT molecular complexity index is 918. The van der Waals surface area contributed by atoms with Gasteiger partial charge in [-0.3, -0.25) is 4.79 Å². The van der Waals surface area contributed by atoms with Crippen LogP contribution < -0.4 is 10.1 Å². The van der Waals surface area contributed by atoms with Crippen LogP contribution in [0.15, 0.2) is 24.3 Å².